The zero-order chi connectivity index (χ0) is 15.2. The number of benzene rings is 1. The fraction of sp³-hybridized carbons (Fsp3) is 0.500. The third-order valence-corrected chi connectivity index (χ3v) is 5.42. The molecule has 1 saturated heterocycles. The van der Waals surface area contributed by atoms with Crippen LogP contribution in [0.25, 0.3) is 0 Å². The maximum Gasteiger partial charge on any atom is 0.251 e. The van der Waals surface area contributed by atoms with Crippen LogP contribution in [0.2, 0.25) is 0 Å². The molecule has 1 aliphatic carbocycles. The van der Waals surface area contributed by atoms with E-state index in [1.807, 2.05) is 0 Å². The van der Waals surface area contributed by atoms with E-state index >= 15 is 0 Å². The molecule has 1 heterocycles. The van der Waals surface area contributed by atoms with Crippen molar-refractivity contribution < 1.29 is 17.9 Å². The standard InChI is InChI=1S/C14H18N2O4S/c1-21(18,19)9-4-2-8(3-5-9)14(17)16-12-11(15)10-6-7-20-13(10)12/h2-5,10-13H,6-7,15H2,1H3,(H,16,17). The first kappa shape index (κ1) is 14.5. The Morgan fingerprint density at radius 2 is 2.00 bits per heavy atom. The van der Waals surface area contributed by atoms with Gasteiger partial charge in [-0.1, -0.05) is 0 Å². The minimum atomic E-state index is -3.25. The van der Waals surface area contributed by atoms with Crippen molar-refractivity contribution in [3.05, 3.63) is 29.8 Å². The molecule has 1 aromatic rings. The summed E-state index contributed by atoms with van der Waals surface area (Å²) in [4.78, 5) is 12.4. The van der Waals surface area contributed by atoms with Gasteiger partial charge in [-0.3, -0.25) is 4.79 Å². The number of amides is 1. The summed E-state index contributed by atoms with van der Waals surface area (Å²) < 4.78 is 28.3. The van der Waals surface area contributed by atoms with E-state index in [9.17, 15) is 13.2 Å². The van der Waals surface area contributed by atoms with E-state index < -0.39 is 9.84 Å². The zero-order valence-corrected chi connectivity index (χ0v) is 12.5. The second kappa shape index (κ2) is 5.08. The van der Waals surface area contributed by atoms with Gasteiger partial charge in [0.15, 0.2) is 9.84 Å². The van der Waals surface area contributed by atoms with Gasteiger partial charge in [-0.05, 0) is 30.7 Å². The molecule has 2 aliphatic rings. The predicted molar refractivity (Wildman–Crippen MR) is 76.6 cm³/mol. The quantitative estimate of drug-likeness (QED) is 0.814. The van der Waals surface area contributed by atoms with Crippen molar-refractivity contribution in [1.29, 1.82) is 0 Å². The molecule has 0 aromatic heterocycles. The predicted octanol–water partition coefficient (Wildman–Crippen LogP) is -0.0655. The minimum absolute atomic E-state index is 0.0132. The van der Waals surface area contributed by atoms with Crippen LogP contribution in [-0.4, -0.2) is 45.4 Å². The molecule has 0 radical (unpaired) electrons. The van der Waals surface area contributed by atoms with Gasteiger partial charge in [0, 0.05) is 30.4 Å². The third kappa shape index (κ3) is 2.56. The summed E-state index contributed by atoms with van der Waals surface area (Å²) in [5.74, 6) is 0.0763. The van der Waals surface area contributed by atoms with Crippen LogP contribution >= 0.6 is 0 Å². The summed E-state index contributed by atoms with van der Waals surface area (Å²) in [5, 5.41) is 2.87. The molecule has 1 amide bonds. The number of hydrogen-bond donors (Lipinski definition) is 2. The summed E-state index contributed by atoms with van der Waals surface area (Å²) in [6.45, 7) is 0.693. The molecule has 4 unspecified atom stereocenters. The third-order valence-electron chi connectivity index (χ3n) is 4.29. The number of carbonyl (C=O) groups is 1. The average Bonchev–Trinajstić information content (AvgIpc) is 2.88. The highest BCUT2D eigenvalue weighted by atomic mass is 32.2. The molecule has 0 spiro atoms. The second-order valence-electron chi connectivity index (χ2n) is 5.66. The molecule has 7 heteroatoms. The van der Waals surface area contributed by atoms with Crippen molar-refractivity contribution in [2.24, 2.45) is 11.7 Å². The summed E-state index contributed by atoms with van der Waals surface area (Å²) in [6, 6.07) is 5.63. The molecule has 114 valence electrons. The van der Waals surface area contributed by atoms with Crippen LogP contribution in [0, 0.1) is 5.92 Å². The first-order chi connectivity index (χ1) is 9.88. The first-order valence-electron chi connectivity index (χ1n) is 6.86. The Kier molecular flexibility index (Phi) is 3.51. The van der Waals surface area contributed by atoms with Crippen molar-refractivity contribution in [1.82, 2.24) is 5.32 Å². The zero-order valence-electron chi connectivity index (χ0n) is 11.7. The van der Waals surface area contributed by atoms with E-state index in [0.29, 0.717) is 18.1 Å². The highest BCUT2D eigenvalue weighted by Crippen LogP contribution is 2.37. The van der Waals surface area contributed by atoms with Crippen molar-refractivity contribution in [2.75, 3.05) is 12.9 Å². The van der Waals surface area contributed by atoms with E-state index in [0.717, 1.165) is 12.7 Å². The Balaban J connectivity index is 1.69. The maximum atomic E-state index is 12.2. The Morgan fingerprint density at radius 3 is 2.62 bits per heavy atom. The largest absolute Gasteiger partial charge is 0.376 e. The Bertz CT molecular complexity index is 656. The smallest absolute Gasteiger partial charge is 0.251 e. The van der Waals surface area contributed by atoms with E-state index in [1.165, 1.54) is 24.3 Å². The van der Waals surface area contributed by atoms with Crippen LogP contribution in [0.5, 0.6) is 0 Å². The van der Waals surface area contributed by atoms with Gasteiger partial charge in [-0.15, -0.1) is 0 Å². The fourth-order valence-electron chi connectivity index (χ4n) is 3.02. The fourth-order valence-corrected chi connectivity index (χ4v) is 3.65. The normalized spacial score (nSPS) is 31.3. The molecule has 4 atom stereocenters. The van der Waals surface area contributed by atoms with Crippen molar-refractivity contribution in [2.45, 2.75) is 29.5 Å². The van der Waals surface area contributed by atoms with Crippen molar-refractivity contribution in [3.8, 4) is 0 Å². The molecular weight excluding hydrogens is 292 g/mol. The van der Waals surface area contributed by atoms with E-state index in [2.05, 4.69) is 5.32 Å². The topological polar surface area (TPSA) is 98.5 Å². The van der Waals surface area contributed by atoms with Gasteiger partial charge in [-0.2, -0.15) is 0 Å². The van der Waals surface area contributed by atoms with Gasteiger partial charge in [0.2, 0.25) is 0 Å². The number of carbonyl (C=O) groups excluding carboxylic acids is 1. The van der Waals surface area contributed by atoms with Crippen LogP contribution in [0.1, 0.15) is 16.8 Å². The van der Waals surface area contributed by atoms with Crippen LogP contribution < -0.4 is 11.1 Å². The van der Waals surface area contributed by atoms with Crippen LogP contribution in [-0.2, 0) is 14.6 Å². The maximum absolute atomic E-state index is 12.2. The van der Waals surface area contributed by atoms with E-state index in [4.69, 9.17) is 10.5 Å². The molecule has 3 rings (SSSR count). The second-order valence-corrected chi connectivity index (χ2v) is 7.68. The molecule has 1 saturated carbocycles. The average molecular weight is 310 g/mol. The lowest BCUT2D eigenvalue weighted by molar-refractivity contribution is -0.0161. The van der Waals surface area contributed by atoms with Crippen LogP contribution in [0.15, 0.2) is 29.2 Å². The van der Waals surface area contributed by atoms with Gasteiger partial charge in [-0.25, -0.2) is 8.42 Å². The molecular formula is C14H18N2O4S. The minimum Gasteiger partial charge on any atom is -0.376 e. The lowest BCUT2D eigenvalue weighted by Gasteiger charge is -2.45. The molecule has 3 N–H and O–H groups in total. The van der Waals surface area contributed by atoms with Crippen LogP contribution in [0.3, 0.4) is 0 Å². The summed E-state index contributed by atoms with van der Waals surface area (Å²) in [6.07, 6.45) is 2.09. The van der Waals surface area contributed by atoms with Gasteiger partial charge in [0.25, 0.3) is 5.91 Å². The van der Waals surface area contributed by atoms with Crippen LogP contribution in [0.4, 0.5) is 0 Å². The summed E-state index contributed by atoms with van der Waals surface area (Å²) >= 11 is 0. The Hall–Kier alpha value is -1.44. The number of hydrogen-bond acceptors (Lipinski definition) is 5. The summed E-state index contributed by atoms with van der Waals surface area (Å²) in [5.41, 5.74) is 6.45. The Morgan fingerprint density at radius 1 is 1.33 bits per heavy atom. The SMILES string of the molecule is CS(=O)(=O)c1ccc(C(=O)NC2C(N)C3CCOC32)cc1. The molecule has 1 aromatic carbocycles. The lowest BCUT2D eigenvalue weighted by atomic mass is 9.72. The van der Waals surface area contributed by atoms with E-state index in [-0.39, 0.29) is 29.0 Å². The number of ether oxygens (including phenoxy) is 1. The van der Waals surface area contributed by atoms with Gasteiger partial charge < -0.3 is 15.8 Å². The highest BCUT2D eigenvalue weighted by molar-refractivity contribution is 7.90. The van der Waals surface area contributed by atoms with Crippen molar-refractivity contribution >= 4 is 15.7 Å². The Labute approximate surface area is 123 Å². The molecule has 6 nitrogen and oxygen atoms in total. The number of sulfone groups is 1. The molecule has 21 heavy (non-hydrogen) atoms. The first-order valence-corrected chi connectivity index (χ1v) is 8.75. The monoisotopic (exact) mass is 310 g/mol. The van der Waals surface area contributed by atoms with Gasteiger partial charge in [0.05, 0.1) is 17.0 Å². The van der Waals surface area contributed by atoms with E-state index in [1.54, 1.807) is 0 Å². The summed E-state index contributed by atoms with van der Waals surface area (Å²) in [7, 11) is -3.25. The molecule has 2 fully saturated rings. The number of nitrogens with one attached hydrogen (secondary N) is 1. The molecule has 1 aliphatic heterocycles. The lowest BCUT2D eigenvalue weighted by Crippen LogP contribution is -2.68. The molecule has 0 bridgehead atoms. The number of rotatable bonds is 3. The van der Waals surface area contributed by atoms with Gasteiger partial charge in [0.1, 0.15) is 0 Å². The number of fused-ring (bicyclic) bond motifs is 1. The highest BCUT2D eigenvalue weighted by Gasteiger charge is 2.52. The van der Waals surface area contributed by atoms with Crippen molar-refractivity contribution in [3.63, 3.8) is 0 Å². The number of nitrogens with two attached hydrogens (primary N) is 1. The van der Waals surface area contributed by atoms with Gasteiger partial charge >= 0.3 is 0 Å².